The van der Waals surface area contributed by atoms with Crippen LogP contribution in [0, 0.1) is 28.6 Å². The quantitative estimate of drug-likeness (QED) is 0.352. The molecular formula is C26H52OSi4. The summed E-state index contributed by atoms with van der Waals surface area (Å²) < 4.78 is 7.96. The van der Waals surface area contributed by atoms with Crippen LogP contribution in [0.4, 0.5) is 0 Å². The highest BCUT2D eigenvalue weighted by molar-refractivity contribution is 7.72. The largest absolute Gasteiger partial charge is 0.411 e. The molecule has 0 aromatic carbocycles. The van der Waals surface area contributed by atoms with Gasteiger partial charge < -0.3 is 4.43 Å². The molecule has 1 aliphatic heterocycles. The molecule has 5 heteroatoms. The third kappa shape index (κ3) is 3.33. The Morgan fingerprint density at radius 1 is 0.774 bits per heavy atom. The Bertz CT molecular complexity index is 722. The molecule has 0 amide bonds. The van der Waals surface area contributed by atoms with E-state index in [0.717, 1.165) is 17.8 Å². The Hall–Kier alpha value is 0.568. The fourth-order valence-corrected chi connectivity index (χ4v) is 61.1. The lowest BCUT2D eigenvalue weighted by Gasteiger charge is -2.78. The Balaban J connectivity index is 2.06. The average molecular weight is 493 g/mol. The van der Waals surface area contributed by atoms with E-state index in [1.54, 1.807) is 5.57 Å². The van der Waals surface area contributed by atoms with Gasteiger partial charge >= 0.3 is 0 Å². The first-order valence-electron chi connectivity index (χ1n) is 13.2. The van der Waals surface area contributed by atoms with Crippen LogP contribution in [0.2, 0.25) is 58.9 Å². The zero-order chi connectivity index (χ0) is 23.5. The molecule has 4 saturated carbocycles. The third-order valence-corrected chi connectivity index (χ3v) is 49.0. The second kappa shape index (κ2) is 6.83. The molecule has 0 aromatic heterocycles. The lowest BCUT2D eigenvalue weighted by molar-refractivity contribution is -0.129. The van der Waals surface area contributed by atoms with Crippen LogP contribution in [-0.4, -0.2) is 35.8 Å². The number of hydrogen-bond donors (Lipinski definition) is 0. The molecule has 0 aromatic rings. The highest BCUT2D eigenvalue weighted by Gasteiger charge is 2.80. The van der Waals surface area contributed by atoms with Gasteiger partial charge in [-0.25, -0.2) is 0 Å². The van der Waals surface area contributed by atoms with E-state index in [4.69, 9.17) is 4.43 Å². The van der Waals surface area contributed by atoms with E-state index in [-0.39, 0.29) is 10.6 Å². The summed E-state index contributed by atoms with van der Waals surface area (Å²) in [6.07, 6.45) is 9.06. The molecule has 4 aliphatic carbocycles. The van der Waals surface area contributed by atoms with E-state index >= 15 is 0 Å². The Labute approximate surface area is 197 Å². The topological polar surface area (TPSA) is 9.23 Å². The Morgan fingerprint density at radius 3 is 1.45 bits per heavy atom. The summed E-state index contributed by atoms with van der Waals surface area (Å²) in [6, 6.07) is 0. The van der Waals surface area contributed by atoms with Gasteiger partial charge in [-0.15, -0.1) is 0 Å². The van der Waals surface area contributed by atoms with Crippen molar-refractivity contribution in [2.45, 2.75) is 123 Å². The standard InChI is InChI=1S/C26H52OSi4/c1-24(2,3)23-19-31(29(7,8)9,30(10,11)12)26(23,27-28(4,5)6)25-16-20-13-21(17-25)15-22(14-20)18-25/h19-22H,13-18H2,1-12H3/t20?,21?,22?,25?,26-/m0/s1. The molecule has 178 valence electrons. The van der Waals surface area contributed by atoms with Crippen LogP contribution in [0.25, 0.3) is 0 Å². The molecule has 5 rings (SSSR count). The number of rotatable bonds is 5. The van der Waals surface area contributed by atoms with Crippen LogP contribution >= 0.6 is 0 Å². The van der Waals surface area contributed by atoms with Gasteiger partial charge in [0.15, 0.2) is 8.32 Å². The summed E-state index contributed by atoms with van der Waals surface area (Å²) in [5.41, 5.74) is 5.47. The van der Waals surface area contributed by atoms with E-state index in [1.807, 2.05) is 0 Å². The third-order valence-electron chi connectivity index (χ3n) is 9.71. The smallest absolute Gasteiger partial charge is 0.184 e. The van der Waals surface area contributed by atoms with E-state index in [9.17, 15) is 0 Å². The van der Waals surface area contributed by atoms with Gasteiger partial charge in [0.1, 0.15) is 7.11 Å². The van der Waals surface area contributed by atoms with Crippen molar-refractivity contribution in [1.29, 1.82) is 0 Å². The van der Waals surface area contributed by atoms with E-state index in [1.165, 1.54) is 38.5 Å². The molecular weight excluding hydrogens is 441 g/mol. The molecule has 0 saturated heterocycles. The fourth-order valence-electron chi connectivity index (χ4n) is 9.86. The summed E-state index contributed by atoms with van der Waals surface area (Å²) in [7, 11) is -6.40. The summed E-state index contributed by atoms with van der Waals surface area (Å²) in [6.45, 7) is 31.5. The van der Waals surface area contributed by atoms with Gasteiger partial charge in [0, 0.05) is 15.2 Å². The SMILES string of the molecule is CC(C)(C)C1=C[Si]([Si](C)(C)C)([Si](C)(C)C)[C@]1(O[Si](C)(C)C)C12CC3CC(CC(C3)C1)C2. The molecule has 1 heterocycles. The minimum absolute atomic E-state index is 0.133. The molecule has 0 unspecified atom stereocenters. The van der Waals surface area contributed by atoms with Crippen LogP contribution in [0.15, 0.2) is 11.3 Å². The Kier molecular flexibility index (Phi) is 5.44. The van der Waals surface area contributed by atoms with Crippen molar-refractivity contribution in [2.24, 2.45) is 28.6 Å². The van der Waals surface area contributed by atoms with E-state index in [2.05, 4.69) is 85.4 Å². The van der Waals surface area contributed by atoms with Gasteiger partial charge in [-0.3, -0.25) is 0 Å². The van der Waals surface area contributed by atoms with Crippen LogP contribution in [0.3, 0.4) is 0 Å². The summed E-state index contributed by atoms with van der Waals surface area (Å²) in [5.74, 6) is 2.97. The molecule has 4 fully saturated rings. The first-order chi connectivity index (χ1) is 13.8. The molecule has 4 bridgehead atoms. The zero-order valence-corrected chi connectivity index (χ0v) is 27.0. The number of hydrogen-bond acceptors (Lipinski definition) is 1. The van der Waals surface area contributed by atoms with Crippen molar-refractivity contribution in [2.75, 3.05) is 0 Å². The van der Waals surface area contributed by atoms with Crippen LogP contribution < -0.4 is 0 Å². The molecule has 0 N–H and O–H groups in total. The molecule has 1 atom stereocenters. The zero-order valence-electron chi connectivity index (χ0n) is 23.0. The van der Waals surface area contributed by atoms with Crippen molar-refractivity contribution in [3.8, 4) is 0 Å². The predicted molar refractivity (Wildman–Crippen MR) is 148 cm³/mol. The lowest BCUT2D eigenvalue weighted by Crippen LogP contribution is -2.93. The van der Waals surface area contributed by atoms with Gasteiger partial charge in [0.2, 0.25) is 0 Å². The highest BCUT2D eigenvalue weighted by atomic mass is 29.6. The molecule has 0 spiro atoms. The maximum absolute atomic E-state index is 7.96. The second-order valence-electron chi connectivity index (χ2n) is 16.2. The van der Waals surface area contributed by atoms with Crippen LogP contribution in [0.1, 0.15) is 59.3 Å². The first kappa shape index (κ1) is 24.7. The molecule has 5 aliphatic rings. The minimum Gasteiger partial charge on any atom is -0.411 e. The Morgan fingerprint density at radius 2 is 1.16 bits per heavy atom. The van der Waals surface area contributed by atoms with Gasteiger partial charge in [0.25, 0.3) is 0 Å². The summed E-state index contributed by atoms with van der Waals surface area (Å²) >= 11 is 0. The maximum Gasteiger partial charge on any atom is 0.184 e. The predicted octanol–water partition coefficient (Wildman–Crippen LogP) is 8.14. The van der Waals surface area contributed by atoms with Gasteiger partial charge in [-0.1, -0.05) is 65.8 Å². The van der Waals surface area contributed by atoms with Gasteiger partial charge in [-0.05, 0) is 92.3 Å². The van der Waals surface area contributed by atoms with E-state index in [0.29, 0.717) is 5.41 Å². The maximum atomic E-state index is 7.96. The van der Waals surface area contributed by atoms with Crippen molar-refractivity contribution in [1.82, 2.24) is 0 Å². The normalized spacial score (nSPS) is 40.0. The molecule has 0 radical (unpaired) electrons. The van der Waals surface area contributed by atoms with Crippen molar-refractivity contribution in [3.05, 3.63) is 11.3 Å². The van der Waals surface area contributed by atoms with Gasteiger partial charge in [0.05, 0.1) is 5.22 Å². The highest BCUT2D eigenvalue weighted by Crippen LogP contribution is 2.73. The average Bonchev–Trinajstić information content (AvgIpc) is 2.44. The summed E-state index contributed by atoms with van der Waals surface area (Å²) in [5, 5.41) is 0.133. The summed E-state index contributed by atoms with van der Waals surface area (Å²) in [4.78, 5) is 0. The fraction of sp³-hybridized carbons (Fsp3) is 0.923. The monoisotopic (exact) mass is 492 g/mol. The van der Waals surface area contributed by atoms with Crippen molar-refractivity contribution < 1.29 is 4.43 Å². The van der Waals surface area contributed by atoms with Gasteiger partial charge in [-0.2, -0.15) is 0 Å². The lowest BCUT2D eigenvalue weighted by atomic mass is 9.46. The van der Waals surface area contributed by atoms with Crippen LogP contribution in [-0.2, 0) is 4.43 Å². The first-order valence-corrected chi connectivity index (χ1v) is 27.7. The van der Waals surface area contributed by atoms with Crippen molar-refractivity contribution >= 4 is 30.6 Å². The van der Waals surface area contributed by atoms with Crippen molar-refractivity contribution in [3.63, 3.8) is 0 Å². The second-order valence-corrected chi connectivity index (χ2v) is 47.5. The molecule has 1 nitrogen and oxygen atoms in total. The van der Waals surface area contributed by atoms with Crippen LogP contribution in [0.5, 0.6) is 0 Å². The minimum atomic E-state index is -1.77. The molecule has 31 heavy (non-hydrogen) atoms. The van der Waals surface area contributed by atoms with E-state index < -0.39 is 30.6 Å².